The maximum Gasteiger partial charge on any atom is 3.00 e. The van der Waals surface area contributed by atoms with Crippen LogP contribution in [0.1, 0.15) is 0 Å². The molecule has 14 heteroatoms. The van der Waals surface area contributed by atoms with E-state index in [1.54, 1.807) is 0 Å². The minimum Gasteiger partial charge on any atom is -0.894 e. The van der Waals surface area contributed by atoms with E-state index < -0.39 is 18.1 Å². The molecule has 0 N–H and O–H groups in total. The van der Waals surface area contributed by atoms with Gasteiger partial charge in [-0.2, -0.15) is 0 Å². The van der Waals surface area contributed by atoms with Crippen molar-refractivity contribution in [3.05, 3.63) is 0 Å². The second kappa shape index (κ2) is 15.7. The van der Waals surface area contributed by atoms with E-state index in [2.05, 4.69) is 0 Å². The minimum atomic E-state index is -5.61. The second-order valence-corrected chi connectivity index (χ2v) is 3.00. The van der Waals surface area contributed by atoms with Gasteiger partial charge in [0.05, 0.1) is 0 Å². The Hall–Kier alpha value is 2.66. The molecule has 8 nitrogen and oxygen atoms in total. The molecule has 0 aliphatic rings. The summed E-state index contributed by atoms with van der Waals surface area (Å²) in [4.78, 5) is 68.6. The molecular weight excluding hydrogens is 349 g/mol. The van der Waals surface area contributed by atoms with Gasteiger partial charge in [0.25, 0.3) is 0 Å². The van der Waals surface area contributed by atoms with Crippen LogP contribution >= 0.6 is 0 Å². The third-order valence-corrected chi connectivity index (χ3v) is 0. The van der Waals surface area contributed by atoms with Gasteiger partial charge in [-0.05, 0) is 0 Å². The van der Waals surface area contributed by atoms with E-state index in [1.807, 2.05) is 0 Å². The first-order valence-corrected chi connectivity index (χ1v) is 4.90. The molecule has 0 fully saturated rings. The van der Waals surface area contributed by atoms with Crippen molar-refractivity contribution >= 4 is 35.5 Å². The van der Waals surface area contributed by atoms with Crippen LogP contribution in [0.5, 0.6) is 0 Å². The van der Waals surface area contributed by atoms with Gasteiger partial charge in [-0.3, -0.25) is 0 Å². The van der Waals surface area contributed by atoms with Crippen LogP contribution in [-0.2, 0) is 33.6 Å². The average molecular weight is 349 g/mol. The largest absolute Gasteiger partial charge is 3.00 e. The van der Waals surface area contributed by atoms with Crippen molar-refractivity contribution in [3.63, 3.8) is 0 Å². The quantitative estimate of drug-likeness (QED) is 0.386. The van der Waals surface area contributed by atoms with E-state index in [0.29, 0.717) is 0 Å². The van der Waals surface area contributed by atoms with E-state index in [1.165, 1.54) is 0 Å². The van der Waals surface area contributed by atoms with Crippen LogP contribution in [0.2, 0.25) is 0 Å². The van der Waals surface area contributed by atoms with Crippen molar-refractivity contribution in [3.8, 4) is 0 Å². The first kappa shape index (κ1) is 36.0. The maximum absolute atomic E-state index is 8.58. The summed E-state index contributed by atoms with van der Waals surface area (Å²) in [6, 6.07) is 0. The Balaban J connectivity index is -0.0000000178. The Labute approximate surface area is 135 Å². The summed E-state index contributed by atoms with van der Waals surface area (Å²) in [5, 5.41) is 0. The molecule has 0 amide bonds. The van der Waals surface area contributed by atoms with Gasteiger partial charge < -0.3 is 56.5 Å². The molecule has 0 spiro atoms. The Bertz CT molecular complexity index is 70.3. The van der Waals surface area contributed by atoms with Crippen LogP contribution in [0.3, 0.4) is 0 Å². The Kier molecular flexibility index (Phi) is 40.2. The molecule has 0 heterocycles. The van der Waals surface area contributed by atoms with Gasteiger partial charge in [0.1, 0.15) is 0 Å². The SMILES string of the molecule is [Al+3].[Fe+2].[Na+].[Ni+2].[O-][Si]([O-])([O-])[O-].[O-][Si]([O-])([O-])[O-]. The Morgan fingerprint density at radius 1 is 0.571 bits per heavy atom. The van der Waals surface area contributed by atoms with E-state index in [9.17, 15) is 0 Å². The van der Waals surface area contributed by atoms with Crippen molar-refractivity contribution in [2.24, 2.45) is 0 Å². The van der Waals surface area contributed by atoms with E-state index in [0.717, 1.165) is 0 Å². The van der Waals surface area contributed by atoms with Crippen molar-refractivity contribution in [1.82, 2.24) is 0 Å². The van der Waals surface area contributed by atoms with Gasteiger partial charge in [-0.25, -0.2) is 0 Å². The van der Waals surface area contributed by atoms with Crippen molar-refractivity contribution in [2.45, 2.75) is 0 Å². The topological polar surface area (TPSA) is 184 Å². The van der Waals surface area contributed by atoms with Gasteiger partial charge >= 0.3 is 80.5 Å². The van der Waals surface area contributed by atoms with Crippen molar-refractivity contribution in [2.75, 3.05) is 0 Å². The molecule has 0 bridgehead atoms. The van der Waals surface area contributed by atoms with E-state index >= 15 is 0 Å². The molecule has 0 unspecified atom stereocenters. The third-order valence-electron chi connectivity index (χ3n) is 0. The summed E-state index contributed by atoms with van der Waals surface area (Å²) in [6.07, 6.45) is 0. The number of rotatable bonds is 0. The van der Waals surface area contributed by atoms with Crippen LogP contribution in [0.25, 0.3) is 0 Å². The molecule has 0 aliphatic carbocycles. The smallest absolute Gasteiger partial charge is 0.894 e. The van der Waals surface area contributed by atoms with Crippen LogP contribution in [0, 0.1) is 0 Å². The summed E-state index contributed by atoms with van der Waals surface area (Å²) in [7, 11) is -11.2. The molecule has 0 saturated heterocycles. The molecule has 0 radical (unpaired) electrons. The Morgan fingerprint density at radius 3 is 0.571 bits per heavy atom. The molecule has 0 aromatic heterocycles. The summed E-state index contributed by atoms with van der Waals surface area (Å²) in [5.41, 5.74) is 0. The summed E-state index contributed by atoms with van der Waals surface area (Å²) in [5.74, 6) is 0. The minimum absolute atomic E-state index is 0. The molecule has 0 aliphatic heterocycles. The normalized spacial score (nSPS) is 8.57. The van der Waals surface area contributed by atoms with Crippen LogP contribution in [0.15, 0.2) is 0 Å². The Morgan fingerprint density at radius 2 is 0.571 bits per heavy atom. The fourth-order valence-electron chi connectivity index (χ4n) is 0. The number of hydrogen-bond acceptors (Lipinski definition) is 8. The van der Waals surface area contributed by atoms with Crippen LogP contribution in [0.4, 0.5) is 0 Å². The zero-order chi connectivity index (χ0) is 9.00. The zero-order valence-electron chi connectivity index (χ0n) is 6.51. The van der Waals surface area contributed by atoms with Gasteiger partial charge in [-0.1, -0.05) is 0 Å². The monoisotopic (exact) mass is 348 g/mol. The van der Waals surface area contributed by atoms with Crippen LogP contribution < -0.4 is 67.9 Å². The molecule has 14 heavy (non-hydrogen) atoms. The fraction of sp³-hybridized carbons (Fsp3) is 0. The van der Waals surface area contributed by atoms with E-state index in [4.69, 9.17) is 38.4 Å². The molecule has 0 rings (SSSR count). The fourth-order valence-corrected chi connectivity index (χ4v) is 0. The predicted molar refractivity (Wildman–Crippen MR) is 17.3 cm³/mol. The molecular formula is AlFeNaNiO8Si2. The zero-order valence-corrected chi connectivity index (χ0v) is 13.8. The van der Waals surface area contributed by atoms with Gasteiger partial charge in [0.15, 0.2) is 0 Å². The molecule has 0 aromatic rings. The first-order valence-electron chi connectivity index (χ1n) is 1.63. The predicted octanol–water partition coefficient (Wildman–Crippen LogP) is -13.7. The van der Waals surface area contributed by atoms with Crippen molar-refractivity contribution < 1.29 is 101 Å². The number of hydrogen-bond donors (Lipinski definition) is 0. The van der Waals surface area contributed by atoms with E-state index in [-0.39, 0.29) is 80.5 Å². The summed E-state index contributed by atoms with van der Waals surface area (Å²) in [6.45, 7) is 0. The standard InChI is InChI=1S/Al.Fe.Na.Ni.2O4Si/c;;;;2*1-5(2,3)4/q+3;+2;+1;+2;2*-4. The molecule has 0 saturated carbocycles. The second-order valence-electron chi connectivity index (χ2n) is 1.00. The van der Waals surface area contributed by atoms with Crippen molar-refractivity contribution in [1.29, 1.82) is 0 Å². The summed E-state index contributed by atoms with van der Waals surface area (Å²) < 4.78 is 0. The maximum atomic E-state index is 8.58. The van der Waals surface area contributed by atoms with Crippen LogP contribution in [-0.4, -0.2) is 35.5 Å². The van der Waals surface area contributed by atoms with Gasteiger partial charge in [0, 0.05) is 0 Å². The molecule has 0 aromatic carbocycles. The summed E-state index contributed by atoms with van der Waals surface area (Å²) >= 11 is 0. The first-order chi connectivity index (χ1) is 4.00. The molecule has 0 atom stereocenters. The average Bonchev–Trinajstić information content (AvgIpc) is 1.12. The van der Waals surface area contributed by atoms with Gasteiger partial charge in [0.2, 0.25) is 0 Å². The molecule has 78 valence electrons. The third kappa shape index (κ3) is 387. The van der Waals surface area contributed by atoms with Gasteiger partial charge in [-0.15, -0.1) is 0 Å².